The van der Waals surface area contributed by atoms with Gasteiger partial charge in [-0.15, -0.1) is 0 Å². The molecule has 0 amide bonds. The number of carbonyl (C=O) groups is 1. The van der Waals surface area contributed by atoms with Crippen LogP contribution in [0.2, 0.25) is 0 Å². The number of para-hydroxylation sites is 1. The van der Waals surface area contributed by atoms with Gasteiger partial charge in [-0.25, -0.2) is 14.2 Å². The Kier molecular flexibility index (Phi) is 7.42. The quantitative estimate of drug-likeness (QED) is 0.328. The lowest BCUT2D eigenvalue weighted by atomic mass is 9.93. The maximum absolute atomic E-state index is 14.0. The van der Waals surface area contributed by atoms with Crippen LogP contribution in [-0.2, 0) is 9.53 Å². The molecule has 1 atom stereocenters. The van der Waals surface area contributed by atoms with E-state index in [0.717, 1.165) is 0 Å². The summed E-state index contributed by atoms with van der Waals surface area (Å²) in [5, 5.41) is 0. The Morgan fingerprint density at radius 3 is 2.44 bits per heavy atom. The first-order valence-corrected chi connectivity index (χ1v) is 13.0. The Morgan fingerprint density at radius 1 is 1.03 bits per heavy atom. The van der Waals surface area contributed by atoms with E-state index in [1.807, 2.05) is 36.4 Å². The van der Waals surface area contributed by atoms with Crippen molar-refractivity contribution in [2.45, 2.75) is 13.0 Å². The molecule has 0 fully saturated rings. The predicted octanol–water partition coefficient (Wildman–Crippen LogP) is 4.09. The van der Waals surface area contributed by atoms with Gasteiger partial charge in [0.25, 0.3) is 5.56 Å². The van der Waals surface area contributed by atoms with Crippen molar-refractivity contribution in [3.05, 3.63) is 121 Å². The van der Waals surface area contributed by atoms with Crippen molar-refractivity contribution in [3.63, 3.8) is 0 Å². The van der Waals surface area contributed by atoms with E-state index in [1.165, 1.54) is 35.1 Å². The van der Waals surface area contributed by atoms with Crippen LogP contribution in [0.5, 0.6) is 11.5 Å². The molecule has 5 rings (SSSR count). The second kappa shape index (κ2) is 11.1. The highest BCUT2D eigenvalue weighted by atomic mass is 32.1. The molecule has 1 aliphatic rings. The number of esters is 1. The molecule has 0 saturated heterocycles. The van der Waals surface area contributed by atoms with E-state index in [4.69, 9.17) is 19.2 Å². The molecule has 198 valence electrons. The molecule has 0 spiro atoms. The van der Waals surface area contributed by atoms with E-state index in [2.05, 4.69) is 0 Å². The number of fused-ring (bicyclic) bond motifs is 1. The zero-order valence-electron chi connectivity index (χ0n) is 21.5. The Labute approximate surface area is 227 Å². The van der Waals surface area contributed by atoms with Crippen LogP contribution >= 0.6 is 11.3 Å². The summed E-state index contributed by atoms with van der Waals surface area (Å²) in [6.07, 6.45) is 1.71. The van der Waals surface area contributed by atoms with E-state index in [0.29, 0.717) is 43.2 Å². The number of benzene rings is 3. The summed E-state index contributed by atoms with van der Waals surface area (Å²) in [5.74, 6) is -0.0170. The van der Waals surface area contributed by atoms with Crippen molar-refractivity contribution >= 4 is 29.1 Å². The van der Waals surface area contributed by atoms with Crippen LogP contribution < -0.4 is 24.4 Å². The van der Waals surface area contributed by atoms with Crippen LogP contribution in [0.25, 0.3) is 11.8 Å². The fourth-order valence-corrected chi connectivity index (χ4v) is 5.56. The predicted molar refractivity (Wildman–Crippen MR) is 147 cm³/mol. The number of rotatable bonds is 7. The number of hydrogen-bond acceptors (Lipinski definition) is 7. The molecule has 0 aliphatic carbocycles. The number of methoxy groups -OCH3 is 2. The molecule has 1 aromatic heterocycles. The second-order valence-corrected chi connectivity index (χ2v) is 9.57. The summed E-state index contributed by atoms with van der Waals surface area (Å²) in [7, 11) is 3.07. The first-order chi connectivity index (χ1) is 19.0. The van der Waals surface area contributed by atoms with E-state index in [9.17, 15) is 14.0 Å². The minimum Gasteiger partial charge on any atom is -0.493 e. The highest BCUT2D eigenvalue weighted by Crippen LogP contribution is 2.35. The standard InChI is InChI=1S/C30H25FN2O5S/c1-4-38-29(35)24-25(18-9-6-5-7-10-18)32-30-33(26(24)19-13-15-21(31)16-14-19)28(34)23(39-30)17-20-11-8-12-22(36-2)27(20)37-3/h5-17,26H,4H2,1-3H3/t26-/m1/s1. The number of hydrogen-bond donors (Lipinski definition) is 0. The monoisotopic (exact) mass is 544 g/mol. The topological polar surface area (TPSA) is 79.1 Å². The number of nitrogens with zero attached hydrogens (tertiary/aromatic N) is 2. The van der Waals surface area contributed by atoms with Crippen LogP contribution in [-0.4, -0.2) is 31.4 Å². The smallest absolute Gasteiger partial charge is 0.338 e. The molecule has 7 nitrogen and oxygen atoms in total. The summed E-state index contributed by atoms with van der Waals surface area (Å²) in [6, 6.07) is 19.5. The van der Waals surface area contributed by atoms with Crippen LogP contribution in [0.3, 0.4) is 0 Å². The van der Waals surface area contributed by atoms with Crippen molar-refractivity contribution in [2.24, 2.45) is 4.99 Å². The minimum absolute atomic E-state index is 0.139. The van der Waals surface area contributed by atoms with Gasteiger partial charge in [0.2, 0.25) is 0 Å². The number of carbonyl (C=O) groups excluding carboxylic acids is 1. The van der Waals surface area contributed by atoms with Gasteiger partial charge < -0.3 is 14.2 Å². The van der Waals surface area contributed by atoms with Gasteiger partial charge in [0.05, 0.1) is 42.7 Å². The lowest BCUT2D eigenvalue weighted by molar-refractivity contribution is -0.138. The van der Waals surface area contributed by atoms with Crippen LogP contribution in [0.1, 0.15) is 29.7 Å². The zero-order valence-corrected chi connectivity index (χ0v) is 22.3. The molecule has 39 heavy (non-hydrogen) atoms. The molecule has 0 radical (unpaired) electrons. The van der Waals surface area contributed by atoms with E-state index < -0.39 is 17.8 Å². The Hall–Kier alpha value is -4.50. The number of thiazole rings is 1. The van der Waals surface area contributed by atoms with Crippen molar-refractivity contribution in [1.82, 2.24) is 4.57 Å². The third kappa shape index (κ3) is 4.88. The number of ether oxygens (including phenoxy) is 3. The first kappa shape index (κ1) is 26.1. The van der Waals surface area contributed by atoms with Gasteiger partial charge in [0.1, 0.15) is 5.82 Å². The van der Waals surface area contributed by atoms with E-state index >= 15 is 0 Å². The molecule has 3 aromatic carbocycles. The van der Waals surface area contributed by atoms with Gasteiger partial charge >= 0.3 is 5.97 Å². The second-order valence-electron chi connectivity index (χ2n) is 8.57. The zero-order chi connectivity index (χ0) is 27.5. The van der Waals surface area contributed by atoms with Gasteiger partial charge in [0.15, 0.2) is 16.3 Å². The first-order valence-electron chi connectivity index (χ1n) is 12.2. The highest BCUT2D eigenvalue weighted by Gasteiger charge is 2.35. The van der Waals surface area contributed by atoms with Crippen molar-refractivity contribution < 1.29 is 23.4 Å². The average Bonchev–Trinajstić information content (AvgIpc) is 3.27. The summed E-state index contributed by atoms with van der Waals surface area (Å²) in [4.78, 5) is 32.6. The SMILES string of the molecule is CCOC(=O)C1=C(c2ccccc2)N=c2sc(=Cc3cccc(OC)c3OC)c(=O)n2[C@@H]1c1ccc(F)cc1. The Morgan fingerprint density at radius 2 is 1.77 bits per heavy atom. The fourth-order valence-electron chi connectivity index (χ4n) is 4.57. The maximum atomic E-state index is 14.0. The van der Waals surface area contributed by atoms with Crippen LogP contribution in [0.15, 0.2) is 88.2 Å². The third-order valence-electron chi connectivity index (χ3n) is 6.28. The van der Waals surface area contributed by atoms with Gasteiger partial charge in [-0.2, -0.15) is 0 Å². The van der Waals surface area contributed by atoms with Crippen molar-refractivity contribution in [1.29, 1.82) is 0 Å². The highest BCUT2D eigenvalue weighted by molar-refractivity contribution is 7.07. The van der Waals surface area contributed by atoms with Gasteiger partial charge in [-0.3, -0.25) is 9.36 Å². The summed E-state index contributed by atoms with van der Waals surface area (Å²) in [6.45, 7) is 1.85. The largest absolute Gasteiger partial charge is 0.493 e. The molecule has 0 unspecified atom stereocenters. The molecule has 4 aromatic rings. The van der Waals surface area contributed by atoms with Gasteiger partial charge in [0, 0.05) is 11.1 Å². The maximum Gasteiger partial charge on any atom is 0.338 e. The summed E-state index contributed by atoms with van der Waals surface area (Å²) < 4.78 is 32.1. The molecule has 0 bridgehead atoms. The molecular weight excluding hydrogens is 519 g/mol. The molecular formula is C30H25FN2O5S. The molecule has 0 saturated carbocycles. The molecule has 2 heterocycles. The fraction of sp³-hybridized carbons (Fsp3) is 0.167. The van der Waals surface area contributed by atoms with Crippen molar-refractivity contribution in [3.8, 4) is 11.5 Å². The summed E-state index contributed by atoms with van der Waals surface area (Å²) in [5.41, 5.74) is 2.14. The minimum atomic E-state index is -0.884. The van der Waals surface area contributed by atoms with Crippen molar-refractivity contribution in [2.75, 3.05) is 20.8 Å². The molecule has 0 N–H and O–H groups in total. The number of halogens is 1. The van der Waals surface area contributed by atoms with Crippen LogP contribution in [0, 0.1) is 5.82 Å². The third-order valence-corrected chi connectivity index (χ3v) is 7.26. The van der Waals surface area contributed by atoms with Crippen LogP contribution in [0.4, 0.5) is 4.39 Å². The summed E-state index contributed by atoms with van der Waals surface area (Å²) >= 11 is 1.19. The van der Waals surface area contributed by atoms with Gasteiger partial charge in [-0.05, 0) is 36.8 Å². The average molecular weight is 545 g/mol. The Bertz CT molecular complexity index is 1740. The Balaban J connectivity index is 1.83. The van der Waals surface area contributed by atoms with E-state index in [-0.39, 0.29) is 17.7 Å². The van der Waals surface area contributed by atoms with E-state index in [1.54, 1.807) is 44.4 Å². The number of aromatic nitrogens is 1. The normalized spacial score (nSPS) is 15.0. The molecule has 9 heteroatoms. The van der Waals surface area contributed by atoms with Gasteiger partial charge in [-0.1, -0.05) is 65.9 Å². The lowest BCUT2D eigenvalue weighted by Crippen LogP contribution is -2.40. The molecule has 1 aliphatic heterocycles. The lowest BCUT2D eigenvalue weighted by Gasteiger charge is -2.25.